The zero-order chi connectivity index (χ0) is 20.0. The van der Waals surface area contributed by atoms with E-state index in [9.17, 15) is 9.18 Å². The van der Waals surface area contributed by atoms with Crippen molar-refractivity contribution < 1.29 is 9.18 Å². The molecular weight excluding hydrogens is 405 g/mol. The highest BCUT2D eigenvalue weighted by molar-refractivity contribution is 7.22. The third-order valence-electron chi connectivity index (χ3n) is 5.09. The van der Waals surface area contributed by atoms with Crippen molar-refractivity contribution in [3.63, 3.8) is 0 Å². The average molecular weight is 424 g/mol. The molecular formula is C22H18FN3OS2. The van der Waals surface area contributed by atoms with Crippen LogP contribution in [0.5, 0.6) is 0 Å². The molecule has 2 aromatic heterocycles. The molecule has 0 fully saturated rings. The van der Waals surface area contributed by atoms with Crippen molar-refractivity contribution >= 4 is 43.8 Å². The van der Waals surface area contributed by atoms with Crippen molar-refractivity contribution in [2.75, 3.05) is 18.9 Å². The molecule has 1 amide bonds. The lowest BCUT2D eigenvalue weighted by Crippen LogP contribution is -2.25. The highest BCUT2D eigenvalue weighted by atomic mass is 32.1. The summed E-state index contributed by atoms with van der Waals surface area (Å²) in [5.74, 6) is -0.592. The fourth-order valence-corrected chi connectivity index (χ4v) is 6.03. The highest BCUT2D eigenvalue weighted by Crippen LogP contribution is 2.45. The number of nitrogens with zero attached hydrogens (tertiary/aromatic N) is 2. The van der Waals surface area contributed by atoms with E-state index in [0.717, 1.165) is 45.3 Å². The van der Waals surface area contributed by atoms with Crippen LogP contribution in [-0.2, 0) is 13.0 Å². The smallest absolute Gasteiger partial charge is 0.256 e. The van der Waals surface area contributed by atoms with E-state index in [-0.39, 0.29) is 11.7 Å². The van der Waals surface area contributed by atoms with Crippen molar-refractivity contribution in [1.29, 1.82) is 0 Å². The molecule has 0 unspecified atom stereocenters. The topological polar surface area (TPSA) is 45.2 Å². The number of hydrogen-bond acceptors (Lipinski definition) is 5. The van der Waals surface area contributed by atoms with Crippen LogP contribution in [0, 0.1) is 5.82 Å². The van der Waals surface area contributed by atoms with Gasteiger partial charge in [0.25, 0.3) is 5.91 Å². The molecule has 1 aliphatic rings. The van der Waals surface area contributed by atoms with Gasteiger partial charge in [0.2, 0.25) is 0 Å². The quantitative estimate of drug-likeness (QED) is 0.480. The van der Waals surface area contributed by atoms with Crippen LogP contribution in [0.2, 0.25) is 0 Å². The molecule has 0 bridgehead atoms. The van der Waals surface area contributed by atoms with Gasteiger partial charge in [-0.05, 0) is 55.4 Å². The summed E-state index contributed by atoms with van der Waals surface area (Å²) in [6, 6.07) is 13.7. The lowest BCUT2D eigenvalue weighted by atomic mass is 10.0. The molecule has 1 aliphatic heterocycles. The Labute approximate surface area is 175 Å². The van der Waals surface area contributed by atoms with Gasteiger partial charge in [-0.3, -0.25) is 4.79 Å². The molecule has 0 atom stereocenters. The van der Waals surface area contributed by atoms with E-state index in [0.29, 0.717) is 5.56 Å². The number of fused-ring (bicyclic) bond motifs is 2. The van der Waals surface area contributed by atoms with E-state index < -0.39 is 0 Å². The van der Waals surface area contributed by atoms with E-state index in [1.54, 1.807) is 22.7 Å². The van der Waals surface area contributed by atoms with Crippen molar-refractivity contribution in [3.05, 3.63) is 70.4 Å². The minimum absolute atomic E-state index is 0.237. The molecule has 0 spiro atoms. The number of carbonyl (C=O) groups is 1. The van der Waals surface area contributed by atoms with E-state index in [1.165, 1.54) is 34.7 Å². The molecule has 7 heteroatoms. The molecule has 1 N–H and O–H groups in total. The summed E-state index contributed by atoms with van der Waals surface area (Å²) in [6.07, 6.45) is 0.931. The molecule has 29 heavy (non-hydrogen) atoms. The molecule has 0 saturated carbocycles. The minimum atomic E-state index is -0.355. The summed E-state index contributed by atoms with van der Waals surface area (Å²) in [5, 5.41) is 4.82. The van der Waals surface area contributed by atoms with Gasteiger partial charge in [-0.15, -0.1) is 22.7 Å². The standard InChI is InChI=1S/C22H18FN3OS2/c1-26-11-10-15-18(12-26)29-22(25-20(27)13-6-8-14(23)9-7-13)19(15)21-24-16-4-2-3-5-17(16)28-21/h2-9H,10-12H2,1H3,(H,25,27). The summed E-state index contributed by atoms with van der Waals surface area (Å²) in [7, 11) is 2.11. The molecule has 146 valence electrons. The number of thiazole rings is 1. The van der Waals surface area contributed by atoms with Crippen molar-refractivity contribution in [1.82, 2.24) is 9.88 Å². The van der Waals surface area contributed by atoms with Crippen LogP contribution in [-0.4, -0.2) is 29.4 Å². The fraction of sp³-hybridized carbons (Fsp3) is 0.182. The first-order valence-electron chi connectivity index (χ1n) is 9.34. The van der Waals surface area contributed by atoms with Crippen LogP contribution >= 0.6 is 22.7 Å². The number of aromatic nitrogens is 1. The van der Waals surface area contributed by atoms with E-state index in [4.69, 9.17) is 4.98 Å². The van der Waals surface area contributed by atoms with Crippen molar-refractivity contribution in [3.8, 4) is 10.6 Å². The number of likely N-dealkylation sites (N-methyl/N-ethyl adjacent to an activating group) is 1. The maximum Gasteiger partial charge on any atom is 0.256 e. The second kappa shape index (κ2) is 7.33. The van der Waals surface area contributed by atoms with Gasteiger partial charge in [0.05, 0.1) is 10.2 Å². The lowest BCUT2D eigenvalue weighted by molar-refractivity contribution is 0.102. The molecule has 3 heterocycles. The minimum Gasteiger partial charge on any atom is -0.313 e. The maximum atomic E-state index is 13.2. The first kappa shape index (κ1) is 18.4. The SMILES string of the molecule is CN1CCc2c(sc(NC(=O)c3ccc(F)cc3)c2-c2nc3ccccc3s2)C1. The highest BCUT2D eigenvalue weighted by Gasteiger charge is 2.26. The van der Waals surface area contributed by atoms with Gasteiger partial charge in [-0.1, -0.05) is 12.1 Å². The lowest BCUT2D eigenvalue weighted by Gasteiger charge is -2.22. The number of halogens is 1. The van der Waals surface area contributed by atoms with Crippen LogP contribution in [0.25, 0.3) is 20.8 Å². The Morgan fingerprint density at radius 1 is 1.14 bits per heavy atom. The van der Waals surface area contributed by atoms with Crippen LogP contribution in [0.15, 0.2) is 48.5 Å². The van der Waals surface area contributed by atoms with Crippen LogP contribution < -0.4 is 5.32 Å². The summed E-state index contributed by atoms with van der Waals surface area (Å²) < 4.78 is 14.3. The van der Waals surface area contributed by atoms with E-state index >= 15 is 0 Å². The predicted molar refractivity (Wildman–Crippen MR) is 117 cm³/mol. The first-order valence-corrected chi connectivity index (χ1v) is 11.0. The van der Waals surface area contributed by atoms with E-state index in [2.05, 4.69) is 23.3 Å². The average Bonchev–Trinajstić information content (AvgIpc) is 3.28. The molecule has 0 aliphatic carbocycles. The van der Waals surface area contributed by atoms with Crippen LogP contribution in [0.1, 0.15) is 20.8 Å². The largest absolute Gasteiger partial charge is 0.313 e. The van der Waals surface area contributed by atoms with Crippen molar-refractivity contribution in [2.45, 2.75) is 13.0 Å². The second-order valence-corrected chi connectivity index (χ2v) is 9.28. The molecule has 4 aromatic rings. The number of benzene rings is 2. The number of nitrogens with one attached hydrogen (secondary N) is 1. The Balaban J connectivity index is 1.59. The number of amides is 1. The maximum absolute atomic E-state index is 13.2. The van der Waals surface area contributed by atoms with Gasteiger partial charge >= 0.3 is 0 Å². The molecule has 2 aromatic carbocycles. The Kier molecular flexibility index (Phi) is 4.66. The van der Waals surface area contributed by atoms with Gasteiger partial charge in [-0.25, -0.2) is 9.37 Å². The third-order valence-corrected chi connectivity index (χ3v) is 7.28. The number of anilines is 1. The monoisotopic (exact) mass is 423 g/mol. The normalized spacial score (nSPS) is 14.1. The second-order valence-electron chi connectivity index (χ2n) is 7.14. The van der Waals surface area contributed by atoms with Gasteiger partial charge < -0.3 is 10.2 Å². The zero-order valence-corrected chi connectivity index (χ0v) is 17.4. The van der Waals surface area contributed by atoms with Gasteiger partial charge in [0.1, 0.15) is 15.8 Å². The Bertz CT molecular complexity index is 1180. The first-order chi connectivity index (χ1) is 14.1. The van der Waals surface area contributed by atoms with Gasteiger partial charge in [0.15, 0.2) is 0 Å². The summed E-state index contributed by atoms with van der Waals surface area (Å²) in [5.41, 5.74) is 3.72. The zero-order valence-electron chi connectivity index (χ0n) is 15.7. The molecule has 5 rings (SSSR count). The van der Waals surface area contributed by atoms with Gasteiger partial charge in [-0.2, -0.15) is 0 Å². The molecule has 0 saturated heterocycles. The number of thiophene rings is 1. The number of carbonyl (C=O) groups excluding carboxylic acids is 1. The molecule has 4 nitrogen and oxygen atoms in total. The van der Waals surface area contributed by atoms with Crippen LogP contribution in [0.4, 0.5) is 9.39 Å². The number of rotatable bonds is 3. The summed E-state index contributed by atoms with van der Waals surface area (Å²) >= 11 is 3.26. The Morgan fingerprint density at radius 3 is 2.72 bits per heavy atom. The predicted octanol–water partition coefficient (Wildman–Crippen LogP) is 5.40. The fourth-order valence-electron chi connectivity index (χ4n) is 3.60. The summed E-state index contributed by atoms with van der Waals surface area (Å²) in [6.45, 7) is 1.84. The van der Waals surface area contributed by atoms with Crippen molar-refractivity contribution in [2.24, 2.45) is 0 Å². The summed E-state index contributed by atoms with van der Waals surface area (Å²) in [4.78, 5) is 21.2. The number of hydrogen-bond donors (Lipinski definition) is 1. The van der Waals surface area contributed by atoms with Gasteiger partial charge in [0, 0.05) is 29.1 Å². The Hall–Kier alpha value is -2.61. The Morgan fingerprint density at radius 2 is 1.93 bits per heavy atom. The van der Waals surface area contributed by atoms with E-state index in [1.807, 2.05) is 18.2 Å². The number of para-hydroxylation sites is 1. The molecule has 0 radical (unpaired) electrons. The van der Waals surface area contributed by atoms with Crippen LogP contribution in [0.3, 0.4) is 0 Å². The third kappa shape index (κ3) is 3.46.